The minimum absolute atomic E-state index is 0.0821. The van der Waals surface area contributed by atoms with E-state index in [0.717, 1.165) is 6.07 Å². The van der Waals surface area contributed by atoms with Crippen molar-refractivity contribution in [1.82, 2.24) is 9.88 Å². The zero-order valence-corrected chi connectivity index (χ0v) is 21.4. The van der Waals surface area contributed by atoms with Gasteiger partial charge >= 0.3 is 6.09 Å². The van der Waals surface area contributed by atoms with Crippen LogP contribution in [0, 0.1) is 11.6 Å². The highest BCUT2D eigenvalue weighted by Gasteiger charge is 2.43. The number of hydrogen-bond acceptors (Lipinski definition) is 6. The van der Waals surface area contributed by atoms with Crippen molar-refractivity contribution in [3.8, 4) is 16.9 Å². The summed E-state index contributed by atoms with van der Waals surface area (Å²) in [5, 5.41) is 10.4. The SMILES string of the molecule is CN1C(=O)[C@H]2CN(C(=O)OC(C)(C)C)CCN2c2c1cnc1c(Cl)c(-c3c(O)cccc3F)c(F)cc21. The molecule has 0 spiro atoms. The quantitative estimate of drug-likeness (QED) is 0.479. The number of aromatic nitrogens is 1. The van der Waals surface area contributed by atoms with Gasteiger partial charge in [-0.3, -0.25) is 9.78 Å². The van der Waals surface area contributed by atoms with Crippen LogP contribution in [0.2, 0.25) is 5.02 Å². The summed E-state index contributed by atoms with van der Waals surface area (Å²) in [5.41, 5.74) is -0.168. The molecule has 2 amide bonds. The van der Waals surface area contributed by atoms with Crippen LogP contribution in [-0.4, -0.2) is 65.3 Å². The molecule has 2 aliphatic heterocycles. The van der Waals surface area contributed by atoms with Crippen LogP contribution in [0.15, 0.2) is 30.5 Å². The topological polar surface area (TPSA) is 86.2 Å². The van der Waals surface area contributed by atoms with Crippen LogP contribution >= 0.6 is 11.6 Å². The first kappa shape index (κ1) is 25.0. The highest BCUT2D eigenvalue weighted by atomic mass is 35.5. The summed E-state index contributed by atoms with van der Waals surface area (Å²) in [5.74, 6) is -2.39. The van der Waals surface area contributed by atoms with E-state index >= 15 is 4.39 Å². The lowest BCUT2D eigenvalue weighted by Crippen LogP contribution is -2.63. The molecule has 3 heterocycles. The fraction of sp³-hybridized carbons (Fsp3) is 0.346. The van der Waals surface area contributed by atoms with Crippen LogP contribution < -0.4 is 9.80 Å². The number of halogens is 3. The Labute approximate surface area is 217 Å². The van der Waals surface area contributed by atoms with Gasteiger partial charge in [0.25, 0.3) is 5.91 Å². The van der Waals surface area contributed by atoms with E-state index in [0.29, 0.717) is 16.8 Å². The first-order valence-electron chi connectivity index (χ1n) is 11.7. The van der Waals surface area contributed by atoms with E-state index in [1.807, 2.05) is 4.90 Å². The number of hydrogen-bond donors (Lipinski definition) is 1. The summed E-state index contributed by atoms with van der Waals surface area (Å²) >= 11 is 6.59. The Balaban J connectivity index is 1.63. The molecule has 3 aromatic rings. The van der Waals surface area contributed by atoms with Crippen molar-refractivity contribution in [3.63, 3.8) is 0 Å². The van der Waals surface area contributed by atoms with Crippen molar-refractivity contribution < 1.29 is 28.2 Å². The molecule has 194 valence electrons. The molecule has 0 aliphatic carbocycles. The third-order valence-electron chi connectivity index (χ3n) is 6.54. The number of aromatic hydroxyl groups is 1. The Morgan fingerprint density at radius 2 is 1.92 bits per heavy atom. The number of anilines is 2. The number of likely N-dealkylation sites (N-methyl/N-ethyl adjacent to an activating group) is 1. The summed E-state index contributed by atoms with van der Waals surface area (Å²) in [4.78, 5) is 35.1. The van der Waals surface area contributed by atoms with Crippen LogP contribution in [0.1, 0.15) is 20.8 Å². The number of ether oxygens (including phenoxy) is 1. The maximum absolute atomic E-state index is 15.6. The van der Waals surface area contributed by atoms with E-state index in [4.69, 9.17) is 16.3 Å². The third kappa shape index (κ3) is 4.09. The number of amides is 2. The molecule has 2 aliphatic rings. The molecular weight excluding hydrogens is 506 g/mol. The number of benzene rings is 2. The van der Waals surface area contributed by atoms with Crippen molar-refractivity contribution in [3.05, 3.63) is 47.1 Å². The van der Waals surface area contributed by atoms with E-state index < -0.39 is 35.1 Å². The van der Waals surface area contributed by atoms with Gasteiger partial charge in [0.2, 0.25) is 0 Å². The Bertz CT molecular complexity index is 1440. The smallest absolute Gasteiger partial charge is 0.410 e. The normalized spacial score (nSPS) is 17.6. The monoisotopic (exact) mass is 530 g/mol. The average Bonchev–Trinajstić information content (AvgIpc) is 2.82. The van der Waals surface area contributed by atoms with Crippen LogP contribution in [0.4, 0.5) is 25.0 Å². The van der Waals surface area contributed by atoms with Gasteiger partial charge in [0.05, 0.1) is 40.2 Å². The number of phenolic OH excluding ortho intramolecular Hbond substituents is 1. The number of phenols is 1. The predicted octanol–water partition coefficient (Wildman–Crippen LogP) is 4.94. The van der Waals surface area contributed by atoms with Crippen molar-refractivity contribution >= 4 is 45.9 Å². The molecule has 1 aromatic heterocycles. The summed E-state index contributed by atoms with van der Waals surface area (Å²) in [7, 11) is 1.59. The number of rotatable bonds is 1. The van der Waals surface area contributed by atoms with Gasteiger partial charge in [-0.05, 0) is 39.0 Å². The molecule has 1 atom stereocenters. The highest BCUT2D eigenvalue weighted by molar-refractivity contribution is 6.38. The van der Waals surface area contributed by atoms with Crippen LogP contribution in [0.3, 0.4) is 0 Å². The lowest BCUT2D eigenvalue weighted by molar-refractivity contribution is -0.120. The van der Waals surface area contributed by atoms with E-state index in [2.05, 4.69) is 4.98 Å². The Hall–Kier alpha value is -3.66. The summed E-state index contributed by atoms with van der Waals surface area (Å²) in [6.07, 6.45) is 0.942. The molecule has 8 nitrogen and oxygen atoms in total. The van der Waals surface area contributed by atoms with Crippen molar-refractivity contribution in [2.75, 3.05) is 36.5 Å². The Morgan fingerprint density at radius 3 is 2.59 bits per heavy atom. The molecule has 5 rings (SSSR count). The van der Waals surface area contributed by atoms with Gasteiger partial charge in [0.1, 0.15) is 29.0 Å². The first-order chi connectivity index (χ1) is 17.4. The average molecular weight is 531 g/mol. The van der Waals surface area contributed by atoms with Gasteiger partial charge in [-0.2, -0.15) is 0 Å². The molecule has 0 bridgehead atoms. The minimum Gasteiger partial charge on any atom is -0.507 e. The molecule has 0 unspecified atom stereocenters. The van der Waals surface area contributed by atoms with Gasteiger partial charge in [-0.15, -0.1) is 0 Å². The second-order valence-electron chi connectivity index (χ2n) is 10.1. The molecule has 0 saturated carbocycles. The fourth-order valence-electron chi connectivity index (χ4n) is 4.87. The summed E-state index contributed by atoms with van der Waals surface area (Å²) < 4.78 is 35.6. The van der Waals surface area contributed by atoms with E-state index in [9.17, 15) is 19.1 Å². The second kappa shape index (κ2) is 8.72. The third-order valence-corrected chi connectivity index (χ3v) is 6.91. The van der Waals surface area contributed by atoms with Gasteiger partial charge in [-0.25, -0.2) is 13.6 Å². The highest BCUT2D eigenvalue weighted by Crippen LogP contribution is 2.47. The van der Waals surface area contributed by atoms with Gasteiger partial charge in [-0.1, -0.05) is 17.7 Å². The van der Waals surface area contributed by atoms with Gasteiger partial charge in [0, 0.05) is 31.1 Å². The fourth-order valence-corrected chi connectivity index (χ4v) is 5.21. The first-order valence-corrected chi connectivity index (χ1v) is 12.1. The van der Waals surface area contributed by atoms with E-state index in [-0.39, 0.29) is 47.2 Å². The Kier molecular flexibility index (Phi) is 5.90. The molecule has 37 heavy (non-hydrogen) atoms. The van der Waals surface area contributed by atoms with Crippen molar-refractivity contribution in [2.45, 2.75) is 32.4 Å². The van der Waals surface area contributed by atoms with Crippen LogP contribution in [-0.2, 0) is 9.53 Å². The summed E-state index contributed by atoms with van der Waals surface area (Å²) in [6, 6.07) is 4.11. The number of carbonyl (C=O) groups excluding carboxylic acids is 2. The van der Waals surface area contributed by atoms with Crippen LogP contribution in [0.5, 0.6) is 5.75 Å². The molecule has 1 fully saturated rings. The maximum Gasteiger partial charge on any atom is 0.410 e. The lowest BCUT2D eigenvalue weighted by Gasteiger charge is -2.47. The van der Waals surface area contributed by atoms with Gasteiger partial charge in [0.15, 0.2) is 0 Å². The lowest BCUT2D eigenvalue weighted by atomic mass is 9.97. The zero-order chi connectivity index (χ0) is 26.8. The number of pyridine rings is 1. The molecule has 1 saturated heterocycles. The molecule has 11 heteroatoms. The number of nitrogens with zero attached hydrogens (tertiary/aromatic N) is 4. The number of piperazine rings is 1. The van der Waals surface area contributed by atoms with Crippen molar-refractivity contribution in [2.24, 2.45) is 0 Å². The number of carbonyl (C=O) groups is 2. The molecular formula is C26H25ClF2N4O4. The standard InChI is InChI=1S/C26H25ClF2N4O4/c1-26(2,3)37-25(36)32-8-9-33-17(12-32)24(35)31(4)16-11-30-22-13(23(16)33)10-15(29)20(21(22)27)19-14(28)6-5-7-18(19)34/h5-7,10-11,17,34H,8-9,12H2,1-4H3/t17-/m1/s1. The van der Waals surface area contributed by atoms with Crippen LogP contribution in [0.25, 0.3) is 22.0 Å². The Morgan fingerprint density at radius 1 is 1.19 bits per heavy atom. The minimum atomic E-state index is -0.850. The zero-order valence-electron chi connectivity index (χ0n) is 20.7. The maximum atomic E-state index is 15.6. The molecule has 0 radical (unpaired) electrons. The largest absolute Gasteiger partial charge is 0.507 e. The predicted molar refractivity (Wildman–Crippen MR) is 136 cm³/mol. The van der Waals surface area contributed by atoms with E-state index in [1.165, 1.54) is 34.2 Å². The molecule has 1 N–H and O–H groups in total. The molecule has 2 aromatic carbocycles. The van der Waals surface area contributed by atoms with Crippen molar-refractivity contribution in [1.29, 1.82) is 0 Å². The summed E-state index contributed by atoms with van der Waals surface area (Å²) in [6.45, 7) is 5.95. The van der Waals surface area contributed by atoms with E-state index in [1.54, 1.807) is 27.8 Å². The number of fused-ring (bicyclic) bond motifs is 5. The second-order valence-corrected chi connectivity index (χ2v) is 10.5. The van der Waals surface area contributed by atoms with Gasteiger partial charge < -0.3 is 24.5 Å².